The third-order valence-corrected chi connectivity index (χ3v) is 8.81. The number of morpholine rings is 1. The number of carbonyl (C=O) groups excluding carboxylic acids is 3. The Balaban J connectivity index is 1.23. The number of aromatic nitrogens is 3. The molecule has 3 amide bonds. The molecule has 2 aromatic heterocycles. The first-order valence-electron chi connectivity index (χ1n) is 11.9. The Morgan fingerprint density at radius 3 is 2.58 bits per heavy atom. The minimum absolute atomic E-state index is 0.175. The molecule has 13 heteroatoms. The van der Waals surface area contributed by atoms with Crippen LogP contribution in [-0.2, 0) is 16.0 Å². The van der Waals surface area contributed by atoms with Crippen LogP contribution < -0.4 is 10.6 Å². The van der Waals surface area contributed by atoms with Gasteiger partial charge in [-0.15, -0.1) is 21.5 Å². The molecule has 1 aliphatic heterocycles. The quantitative estimate of drug-likeness (QED) is 0.304. The minimum Gasteiger partial charge on any atom is -0.378 e. The largest absolute Gasteiger partial charge is 0.378 e. The summed E-state index contributed by atoms with van der Waals surface area (Å²) in [7, 11) is 0. The van der Waals surface area contributed by atoms with Crippen molar-refractivity contribution in [2.45, 2.75) is 17.7 Å². The number of nitrogens with zero attached hydrogens (tertiary/aromatic N) is 4. The predicted molar refractivity (Wildman–Crippen MR) is 149 cm³/mol. The fourth-order valence-electron chi connectivity index (χ4n) is 3.78. The Morgan fingerprint density at radius 2 is 1.82 bits per heavy atom. The lowest BCUT2D eigenvalue weighted by molar-refractivity contribution is -0.113. The fourth-order valence-corrected chi connectivity index (χ4v) is 6.38. The Morgan fingerprint density at radius 1 is 1.03 bits per heavy atom. The van der Waals surface area contributed by atoms with Gasteiger partial charge in [0.1, 0.15) is 5.01 Å². The molecule has 38 heavy (non-hydrogen) atoms. The van der Waals surface area contributed by atoms with Crippen molar-refractivity contribution < 1.29 is 19.1 Å². The number of rotatable bonds is 8. The number of hydrogen-bond donors (Lipinski definition) is 2. The van der Waals surface area contributed by atoms with Gasteiger partial charge in [-0.3, -0.25) is 19.7 Å². The van der Waals surface area contributed by atoms with Gasteiger partial charge in [-0.1, -0.05) is 42.2 Å². The molecule has 1 saturated heterocycles. The second kappa shape index (κ2) is 12.0. The number of anilines is 2. The molecule has 3 heterocycles. The van der Waals surface area contributed by atoms with Gasteiger partial charge in [0.15, 0.2) is 4.34 Å². The molecule has 4 aromatic rings. The zero-order chi connectivity index (χ0) is 26.5. The van der Waals surface area contributed by atoms with Crippen LogP contribution in [0, 0.1) is 0 Å². The second-order valence-corrected chi connectivity index (χ2v) is 11.6. The Hall–Kier alpha value is -3.39. The highest BCUT2D eigenvalue weighted by Gasteiger charge is 2.23. The molecule has 0 radical (unpaired) electrons. The van der Waals surface area contributed by atoms with E-state index in [0.29, 0.717) is 48.2 Å². The van der Waals surface area contributed by atoms with Gasteiger partial charge in [-0.05, 0) is 36.8 Å². The third-order valence-electron chi connectivity index (χ3n) is 5.67. The van der Waals surface area contributed by atoms with E-state index >= 15 is 0 Å². The first-order valence-corrected chi connectivity index (χ1v) is 14.5. The lowest BCUT2D eigenvalue weighted by Crippen LogP contribution is -2.41. The number of nitrogens with one attached hydrogen (secondary N) is 2. The van der Waals surface area contributed by atoms with E-state index in [1.807, 2.05) is 19.1 Å². The van der Waals surface area contributed by atoms with Crippen LogP contribution in [0.15, 0.2) is 46.8 Å². The van der Waals surface area contributed by atoms with E-state index in [-0.39, 0.29) is 23.5 Å². The summed E-state index contributed by atoms with van der Waals surface area (Å²) in [4.78, 5) is 44.7. The number of amides is 3. The van der Waals surface area contributed by atoms with E-state index in [9.17, 15) is 14.4 Å². The van der Waals surface area contributed by atoms with Crippen molar-refractivity contribution in [1.82, 2.24) is 20.1 Å². The van der Waals surface area contributed by atoms with Gasteiger partial charge in [0.2, 0.25) is 11.0 Å². The number of hydrogen-bond acceptors (Lipinski definition) is 10. The van der Waals surface area contributed by atoms with Crippen molar-refractivity contribution in [2.75, 3.05) is 42.7 Å². The van der Waals surface area contributed by atoms with Crippen LogP contribution in [-0.4, -0.2) is 69.9 Å². The second-order valence-electron chi connectivity index (χ2n) is 8.26. The number of fused-ring (bicyclic) bond motifs is 1. The minimum atomic E-state index is -0.361. The average molecular weight is 569 g/mol. The van der Waals surface area contributed by atoms with E-state index < -0.39 is 0 Å². The summed E-state index contributed by atoms with van der Waals surface area (Å²) in [5, 5.41) is 15.0. The zero-order valence-corrected chi connectivity index (χ0v) is 22.9. The topological polar surface area (TPSA) is 126 Å². The van der Waals surface area contributed by atoms with Crippen molar-refractivity contribution in [2.24, 2.45) is 0 Å². The van der Waals surface area contributed by atoms with Crippen molar-refractivity contribution >= 4 is 73.2 Å². The van der Waals surface area contributed by atoms with Crippen LogP contribution in [0.25, 0.3) is 10.2 Å². The molecule has 0 unspecified atom stereocenters. The van der Waals surface area contributed by atoms with E-state index in [1.165, 1.54) is 34.4 Å². The van der Waals surface area contributed by atoms with Crippen molar-refractivity contribution in [3.05, 3.63) is 58.6 Å². The summed E-state index contributed by atoms with van der Waals surface area (Å²) in [6.45, 7) is 3.96. The number of aryl methyl sites for hydroxylation is 1. The molecule has 2 aromatic carbocycles. The summed E-state index contributed by atoms with van der Waals surface area (Å²) in [6.07, 6.45) is 0.773. The summed E-state index contributed by atoms with van der Waals surface area (Å²) < 4.78 is 6.95. The Kier molecular flexibility index (Phi) is 8.27. The average Bonchev–Trinajstić information content (AvgIpc) is 3.58. The summed E-state index contributed by atoms with van der Waals surface area (Å²) in [6, 6.07) is 12.3. The standard InChI is InChI=1S/C25H24N6O4S3/c1-2-21-29-30-24(38-21)28-20(32)14-36-25-27-18-8-7-15(13-19(18)37-25)26-22(33)16-5-3-4-6-17(16)23(34)31-9-11-35-12-10-31/h3-8,13H,2,9-12,14H2,1H3,(H,26,33)(H,28,30,32). The molecule has 1 aliphatic rings. The molecule has 10 nitrogen and oxygen atoms in total. The van der Waals surface area contributed by atoms with Crippen LogP contribution >= 0.6 is 34.4 Å². The van der Waals surface area contributed by atoms with Gasteiger partial charge in [0, 0.05) is 18.8 Å². The Labute approximate surface area is 230 Å². The van der Waals surface area contributed by atoms with Crippen molar-refractivity contribution in [1.29, 1.82) is 0 Å². The van der Waals surface area contributed by atoms with Crippen molar-refractivity contribution in [3.8, 4) is 0 Å². The summed E-state index contributed by atoms with van der Waals surface area (Å²) >= 11 is 4.14. The fraction of sp³-hybridized carbons (Fsp3) is 0.280. The Bertz CT molecular complexity index is 1480. The zero-order valence-electron chi connectivity index (χ0n) is 20.4. The van der Waals surface area contributed by atoms with Crippen LogP contribution in [0.5, 0.6) is 0 Å². The maximum Gasteiger partial charge on any atom is 0.256 e. The van der Waals surface area contributed by atoms with Crippen LogP contribution in [0.2, 0.25) is 0 Å². The summed E-state index contributed by atoms with van der Waals surface area (Å²) in [5.74, 6) is -0.524. The van der Waals surface area contributed by atoms with E-state index in [1.54, 1.807) is 35.2 Å². The van der Waals surface area contributed by atoms with Gasteiger partial charge in [-0.2, -0.15) is 0 Å². The maximum atomic E-state index is 13.1. The van der Waals surface area contributed by atoms with Crippen molar-refractivity contribution in [3.63, 3.8) is 0 Å². The van der Waals surface area contributed by atoms with Crippen LogP contribution in [0.3, 0.4) is 0 Å². The summed E-state index contributed by atoms with van der Waals surface area (Å²) in [5.41, 5.74) is 2.05. The first-order chi connectivity index (χ1) is 18.5. The number of carbonyl (C=O) groups is 3. The lowest BCUT2D eigenvalue weighted by atomic mass is 10.0. The normalized spacial score (nSPS) is 13.4. The highest BCUT2D eigenvalue weighted by Crippen LogP contribution is 2.31. The SMILES string of the molecule is CCc1nnc(NC(=O)CSc2nc3ccc(NC(=O)c4ccccc4C(=O)N4CCOCC4)cc3s2)s1. The molecule has 2 N–H and O–H groups in total. The molecule has 0 aliphatic carbocycles. The van der Waals surface area contributed by atoms with Gasteiger partial charge < -0.3 is 15.0 Å². The number of thiazole rings is 1. The van der Waals surface area contributed by atoms with Crippen LogP contribution in [0.1, 0.15) is 32.6 Å². The third kappa shape index (κ3) is 6.18. The van der Waals surface area contributed by atoms with Gasteiger partial charge in [0.25, 0.3) is 11.8 Å². The van der Waals surface area contributed by atoms with Gasteiger partial charge in [-0.25, -0.2) is 4.98 Å². The smallest absolute Gasteiger partial charge is 0.256 e. The first kappa shape index (κ1) is 26.2. The van der Waals surface area contributed by atoms with E-state index in [0.717, 1.165) is 26.0 Å². The predicted octanol–water partition coefficient (Wildman–Crippen LogP) is 4.17. The molecular weight excluding hydrogens is 545 g/mol. The number of ether oxygens (including phenoxy) is 1. The number of benzene rings is 2. The molecule has 196 valence electrons. The monoisotopic (exact) mass is 568 g/mol. The van der Waals surface area contributed by atoms with Crippen LogP contribution in [0.4, 0.5) is 10.8 Å². The molecule has 1 fully saturated rings. The number of thioether (sulfide) groups is 1. The lowest BCUT2D eigenvalue weighted by Gasteiger charge is -2.27. The van der Waals surface area contributed by atoms with E-state index in [4.69, 9.17) is 4.74 Å². The molecule has 5 rings (SSSR count). The molecular formula is C25H24N6O4S3. The maximum absolute atomic E-state index is 13.1. The highest BCUT2D eigenvalue weighted by atomic mass is 32.2. The van der Waals surface area contributed by atoms with E-state index in [2.05, 4.69) is 25.8 Å². The molecule has 0 saturated carbocycles. The van der Waals surface area contributed by atoms with Gasteiger partial charge in [0.05, 0.1) is 40.3 Å². The highest BCUT2D eigenvalue weighted by molar-refractivity contribution is 8.01. The molecule has 0 atom stereocenters. The molecule has 0 bridgehead atoms. The molecule has 0 spiro atoms. The van der Waals surface area contributed by atoms with Gasteiger partial charge >= 0.3 is 0 Å².